The van der Waals surface area contributed by atoms with Crippen molar-refractivity contribution in [3.63, 3.8) is 0 Å². The van der Waals surface area contributed by atoms with Crippen molar-refractivity contribution >= 4 is 92.7 Å². The molecule has 2 aliphatic heterocycles. The molecule has 6 aromatic rings. The van der Waals surface area contributed by atoms with Crippen molar-refractivity contribution in [2.24, 2.45) is 5.16 Å². The van der Waals surface area contributed by atoms with Gasteiger partial charge < -0.3 is 24.9 Å². The Hall–Kier alpha value is -7.06. The van der Waals surface area contributed by atoms with Gasteiger partial charge in [-0.1, -0.05) is 157 Å². The highest BCUT2D eigenvalue weighted by Gasteiger charge is 2.55. The molecule has 3 heterocycles. The zero-order valence-electron chi connectivity index (χ0n) is 36.7. The van der Waals surface area contributed by atoms with Gasteiger partial charge in [0.2, 0.25) is 13.0 Å². The van der Waals surface area contributed by atoms with E-state index in [0.29, 0.717) is 12.0 Å². The van der Waals surface area contributed by atoms with Gasteiger partial charge in [0.25, 0.3) is 11.8 Å². The highest BCUT2D eigenvalue weighted by molar-refractivity contribution is 8.00. The number of anilines is 1. The van der Waals surface area contributed by atoms with Crippen molar-refractivity contribution < 1.29 is 38.3 Å². The number of ether oxygens (including phenoxy) is 2. The molecule has 0 bridgehead atoms. The number of amides is 3. The lowest BCUT2D eigenvalue weighted by atomic mass is 10.0. The van der Waals surface area contributed by atoms with Gasteiger partial charge in [0.05, 0.1) is 0 Å². The number of β-lactam (4-membered cyclic amide) rings is 1. The van der Waals surface area contributed by atoms with Gasteiger partial charge in [0, 0.05) is 11.1 Å². The first kappa shape index (κ1) is 46.5. The largest absolute Gasteiger partial charge is 0.457 e. The third-order valence-corrected chi connectivity index (χ3v) is 16.8. The second-order valence-electron chi connectivity index (χ2n) is 16.3. The molecule has 340 valence electrons. The van der Waals surface area contributed by atoms with Gasteiger partial charge >= 0.3 is 11.9 Å². The Kier molecular flexibility index (Phi) is 14.3. The summed E-state index contributed by atoms with van der Waals surface area (Å²) >= 11 is 2.43. The van der Waals surface area contributed by atoms with Gasteiger partial charge in [-0.2, -0.15) is 0 Å². The number of esters is 2. The Balaban J connectivity index is 1.22. The molecule has 0 saturated carbocycles. The van der Waals surface area contributed by atoms with Gasteiger partial charge in [-0.05, 0) is 66.1 Å². The van der Waals surface area contributed by atoms with Crippen molar-refractivity contribution in [3.8, 4) is 0 Å². The topological polar surface area (TPSA) is 166 Å². The molecule has 0 unspecified atom stereocenters. The van der Waals surface area contributed by atoms with Crippen LogP contribution in [0.2, 0.25) is 0 Å². The van der Waals surface area contributed by atoms with Crippen LogP contribution in [0.5, 0.6) is 0 Å². The SMILES string of the molecule is CC(C)(C)OC(=O)CO/N=C(\C(=O)N[C@@H]1C(=O)N2C(C(=O)OC(c3ccccc3)c3ccccc3)=C(C=P(c3ccccc3)(c3ccccc3)c3ccccc3)CS[C@H]12)c1csc(NC=O)n1. The molecule has 1 fully saturated rings. The average Bonchev–Trinajstić information content (AvgIpc) is 3.81. The monoisotopic (exact) mass is 951 g/mol. The normalized spacial score (nSPS) is 16.0. The third kappa shape index (κ3) is 10.3. The minimum atomic E-state index is -2.72. The Bertz CT molecular complexity index is 2730. The van der Waals surface area contributed by atoms with Gasteiger partial charge in [-0.3, -0.25) is 19.3 Å². The average molecular weight is 952 g/mol. The third-order valence-electron chi connectivity index (χ3n) is 10.6. The number of nitrogens with zero attached hydrogens (tertiary/aromatic N) is 3. The molecule has 1 aromatic heterocycles. The molecule has 13 nitrogen and oxygen atoms in total. The maximum Gasteiger partial charge on any atom is 0.356 e. The number of carbonyl (C=O) groups excluding carboxylic acids is 5. The van der Waals surface area contributed by atoms with Gasteiger partial charge in [-0.15, -0.1) is 23.1 Å². The molecule has 0 spiro atoms. The summed E-state index contributed by atoms with van der Waals surface area (Å²) in [4.78, 5) is 78.8. The number of fused-ring (bicyclic) bond motifs is 1. The highest BCUT2D eigenvalue weighted by atomic mass is 32.2. The quantitative estimate of drug-likeness (QED) is 0.0271. The summed E-state index contributed by atoms with van der Waals surface area (Å²) < 4.78 is 11.9. The van der Waals surface area contributed by atoms with E-state index in [1.807, 2.05) is 115 Å². The lowest BCUT2D eigenvalue weighted by Crippen LogP contribution is -2.71. The van der Waals surface area contributed by atoms with E-state index in [1.54, 1.807) is 20.8 Å². The summed E-state index contributed by atoms with van der Waals surface area (Å²) in [5.41, 5.74) is 1.02. The van der Waals surface area contributed by atoms with Crippen LogP contribution in [0.25, 0.3) is 0 Å². The molecule has 8 rings (SSSR count). The van der Waals surface area contributed by atoms with Crippen LogP contribution in [0.3, 0.4) is 0 Å². The van der Waals surface area contributed by atoms with Crippen molar-refractivity contribution in [3.05, 3.63) is 185 Å². The van der Waals surface area contributed by atoms with Crippen LogP contribution in [-0.2, 0) is 38.3 Å². The fraction of sp³-hybridized carbons (Fsp3) is 0.176. The second-order valence-corrected chi connectivity index (χ2v) is 21.5. The van der Waals surface area contributed by atoms with Crippen LogP contribution in [0.15, 0.2) is 173 Å². The number of oxime groups is 1. The number of rotatable bonds is 16. The molecule has 2 N–H and O–H groups in total. The molecule has 2 aliphatic rings. The maximum atomic E-state index is 15.2. The van der Waals surface area contributed by atoms with E-state index in [0.717, 1.165) is 38.4 Å². The summed E-state index contributed by atoms with van der Waals surface area (Å²) in [6, 6.07) is 48.2. The second kappa shape index (κ2) is 20.6. The summed E-state index contributed by atoms with van der Waals surface area (Å²) in [7, 11) is 0. The standard InChI is InChI=1S/C51H46N5O8PS2/c1-51(2,3)64-41(58)29-62-55-42(40-32-67-50(53-40)52-33-57)46(59)54-43-47(60)56-44(49(61)63-45(34-19-9-4-10-20-34)35-21-11-5-12-22-35)36(31-66-48(43)56)30-65(37-23-13-6-14-24-37,38-25-15-7-16-26-38)39-27-17-8-18-28-39/h4-28,30,32-33,43,45,48H,29,31H2,1-3H3,(H,54,59)(H,52,53,57)/b55-42-/t43-,48-/m1/s1. The first-order valence-electron chi connectivity index (χ1n) is 21.3. The molecular formula is C51H46N5O8PS2. The highest BCUT2D eigenvalue weighted by Crippen LogP contribution is 2.48. The predicted octanol–water partition coefficient (Wildman–Crippen LogP) is 6.56. The number of carbonyl (C=O) groups is 5. The van der Waals surface area contributed by atoms with Crippen LogP contribution >= 0.6 is 30.0 Å². The molecule has 0 aliphatic carbocycles. The molecule has 5 aromatic carbocycles. The van der Waals surface area contributed by atoms with E-state index in [4.69, 9.17) is 14.3 Å². The number of hydrogen-bond acceptors (Lipinski definition) is 12. The van der Waals surface area contributed by atoms with Crippen LogP contribution in [0, 0.1) is 0 Å². The van der Waals surface area contributed by atoms with Gasteiger partial charge in [0.1, 0.15) is 28.4 Å². The van der Waals surface area contributed by atoms with Crippen LogP contribution in [0.4, 0.5) is 5.13 Å². The summed E-state index contributed by atoms with van der Waals surface area (Å²) in [6.45, 7) is 1.77. The number of hydrogen-bond donors (Lipinski definition) is 2. The van der Waals surface area contributed by atoms with Crippen molar-refractivity contribution in [2.45, 2.75) is 43.9 Å². The van der Waals surface area contributed by atoms with E-state index >= 15 is 4.79 Å². The minimum absolute atomic E-state index is 0.0212. The first-order chi connectivity index (χ1) is 32.5. The number of thiazole rings is 1. The van der Waals surface area contributed by atoms with Gasteiger partial charge in [0.15, 0.2) is 16.9 Å². The smallest absolute Gasteiger partial charge is 0.356 e. The van der Waals surface area contributed by atoms with E-state index in [-0.39, 0.29) is 28.0 Å². The fourth-order valence-electron chi connectivity index (χ4n) is 7.81. The first-order valence-corrected chi connectivity index (χ1v) is 25.0. The summed E-state index contributed by atoms with van der Waals surface area (Å²) in [5.74, 6) is -0.390. The Morgan fingerprint density at radius 3 is 1.85 bits per heavy atom. The zero-order valence-corrected chi connectivity index (χ0v) is 39.2. The molecular weight excluding hydrogens is 906 g/mol. The summed E-state index contributed by atoms with van der Waals surface area (Å²) in [6.07, 6.45) is -0.382. The van der Waals surface area contributed by atoms with Crippen molar-refractivity contribution in [1.82, 2.24) is 15.2 Å². The zero-order chi connectivity index (χ0) is 47.0. The molecule has 16 heteroatoms. The molecule has 3 amide bonds. The van der Waals surface area contributed by atoms with E-state index in [1.165, 1.54) is 22.0 Å². The maximum absolute atomic E-state index is 15.2. The number of nitrogens with one attached hydrogen (secondary N) is 2. The van der Waals surface area contributed by atoms with Crippen LogP contribution in [-0.4, -0.2) is 80.9 Å². The van der Waals surface area contributed by atoms with Crippen LogP contribution < -0.4 is 26.5 Å². The van der Waals surface area contributed by atoms with E-state index < -0.39 is 60.4 Å². The fourth-order valence-corrected chi connectivity index (χ4v) is 13.8. The molecule has 67 heavy (non-hydrogen) atoms. The van der Waals surface area contributed by atoms with Crippen LogP contribution in [0.1, 0.15) is 43.7 Å². The predicted molar refractivity (Wildman–Crippen MR) is 264 cm³/mol. The lowest BCUT2D eigenvalue weighted by Gasteiger charge is -2.49. The minimum Gasteiger partial charge on any atom is -0.457 e. The molecule has 2 atom stereocenters. The van der Waals surface area contributed by atoms with E-state index in [9.17, 15) is 19.2 Å². The van der Waals surface area contributed by atoms with Gasteiger partial charge in [-0.25, -0.2) is 14.6 Å². The van der Waals surface area contributed by atoms with Crippen molar-refractivity contribution in [2.75, 3.05) is 17.7 Å². The molecule has 1 saturated heterocycles. The van der Waals surface area contributed by atoms with Crippen molar-refractivity contribution in [1.29, 1.82) is 0 Å². The Labute approximate surface area is 396 Å². The lowest BCUT2D eigenvalue weighted by molar-refractivity contribution is -0.160. The van der Waals surface area contributed by atoms with E-state index in [2.05, 4.69) is 63.0 Å². The number of benzene rings is 5. The molecule has 0 radical (unpaired) electrons. The number of thioether (sulfide) groups is 1. The number of aromatic nitrogens is 1. The Morgan fingerprint density at radius 1 is 0.821 bits per heavy atom. The summed E-state index contributed by atoms with van der Waals surface area (Å²) in [5, 5.41) is 13.2. The Morgan fingerprint density at radius 2 is 1.34 bits per heavy atom.